The molecular formula is C17H26N2O3. The van der Waals surface area contributed by atoms with Crippen LogP contribution in [0.15, 0.2) is 24.3 Å². The lowest BCUT2D eigenvalue weighted by molar-refractivity contribution is -0.138. The Bertz CT molecular complexity index is 512. The second kappa shape index (κ2) is 8.41. The molecule has 1 rings (SSSR count). The van der Waals surface area contributed by atoms with Crippen molar-refractivity contribution in [1.82, 2.24) is 5.32 Å². The maximum atomic E-state index is 12.4. The summed E-state index contributed by atoms with van der Waals surface area (Å²) < 4.78 is 5.11. The largest absolute Gasteiger partial charge is 0.497 e. The van der Waals surface area contributed by atoms with Crippen LogP contribution in [-0.2, 0) is 9.59 Å². The van der Waals surface area contributed by atoms with Gasteiger partial charge in [-0.05, 0) is 32.4 Å². The quantitative estimate of drug-likeness (QED) is 0.573. The van der Waals surface area contributed by atoms with Gasteiger partial charge in [0.25, 0.3) is 0 Å². The van der Waals surface area contributed by atoms with Crippen LogP contribution in [0.25, 0.3) is 0 Å². The smallest absolute Gasteiger partial charge is 0.239 e. The van der Waals surface area contributed by atoms with Gasteiger partial charge >= 0.3 is 0 Å². The Labute approximate surface area is 132 Å². The first-order valence-corrected chi connectivity index (χ1v) is 7.65. The highest BCUT2D eigenvalue weighted by Gasteiger charge is 2.35. The molecule has 2 N–H and O–H groups in total. The molecular weight excluding hydrogens is 280 g/mol. The van der Waals surface area contributed by atoms with Crippen molar-refractivity contribution in [2.24, 2.45) is 5.41 Å². The van der Waals surface area contributed by atoms with Crippen LogP contribution in [0.4, 0.5) is 5.69 Å². The van der Waals surface area contributed by atoms with E-state index in [0.29, 0.717) is 18.0 Å². The summed E-state index contributed by atoms with van der Waals surface area (Å²) in [5.41, 5.74) is -0.522. The van der Waals surface area contributed by atoms with Gasteiger partial charge in [-0.15, -0.1) is 0 Å². The highest BCUT2D eigenvalue weighted by atomic mass is 16.5. The van der Waals surface area contributed by atoms with Crippen LogP contribution in [-0.4, -0.2) is 25.5 Å². The number of amides is 2. The SMILES string of the molecule is CCCCCNC(=O)C(C)(C)C(=O)Nc1cccc(OC)c1. The lowest BCUT2D eigenvalue weighted by Gasteiger charge is -2.22. The van der Waals surface area contributed by atoms with E-state index in [9.17, 15) is 9.59 Å². The summed E-state index contributed by atoms with van der Waals surface area (Å²) in [7, 11) is 1.56. The number of rotatable bonds is 8. The van der Waals surface area contributed by atoms with Crippen molar-refractivity contribution in [2.75, 3.05) is 19.0 Å². The van der Waals surface area contributed by atoms with Crippen LogP contribution in [0.3, 0.4) is 0 Å². The van der Waals surface area contributed by atoms with Gasteiger partial charge in [0.05, 0.1) is 7.11 Å². The fraction of sp³-hybridized carbons (Fsp3) is 0.529. The molecule has 0 bridgehead atoms. The Morgan fingerprint density at radius 1 is 1.18 bits per heavy atom. The molecule has 0 spiro atoms. The van der Waals surface area contributed by atoms with Gasteiger partial charge in [0.2, 0.25) is 11.8 Å². The molecule has 0 saturated carbocycles. The molecule has 0 unspecified atom stereocenters. The monoisotopic (exact) mass is 306 g/mol. The van der Waals surface area contributed by atoms with Gasteiger partial charge in [-0.25, -0.2) is 0 Å². The first-order valence-electron chi connectivity index (χ1n) is 7.65. The van der Waals surface area contributed by atoms with Gasteiger partial charge in [-0.2, -0.15) is 0 Å². The molecule has 1 aromatic rings. The highest BCUT2D eigenvalue weighted by Crippen LogP contribution is 2.21. The van der Waals surface area contributed by atoms with E-state index in [1.807, 2.05) is 0 Å². The number of carbonyl (C=O) groups excluding carboxylic acids is 2. The molecule has 0 aliphatic rings. The molecule has 2 amide bonds. The molecule has 122 valence electrons. The zero-order valence-corrected chi connectivity index (χ0v) is 13.9. The van der Waals surface area contributed by atoms with E-state index in [0.717, 1.165) is 19.3 Å². The number of ether oxygens (including phenoxy) is 1. The zero-order valence-electron chi connectivity index (χ0n) is 13.9. The maximum Gasteiger partial charge on any atom is 0.239 e. The Hall–Kier alpha value is -2.04. The summed E-state index contributed by atoms with van der Waals surface area (Å²) in [5.74, 6) is 0.0531. The van der Waals surface area contributed by atoms with Crippen molar-refractivity contribution in [2.45, 2.75) is 40.0 Å². The van der Waals surface area contributed by atoms with Gasteiger partial charge in [0.1, 0.15) is 11.2 Å². The number of nitrogens with one attached hydrogen (secondary N) is 2. The van der Waals surface area contributed by atoms with Crippen LogP contribution in [0.2, 0.25) is 0 Å². The number of anilines is 1. The molecule has 5 nitrogen and oxygen atoms in total. The van der Waals surface area contributed by atoms with Gasteiger partial charge in [0, 0.05) is 18.3 Å². The van der Waals surface area contributed by atoms with E-state index in [2.05, 4.69) is 17.6 Å². The van der Waals surface area contributed by atoms with Gasteiger partial charge < -0.3 is 15.4 Å². The number of hydrogen-bond acceptors (Lipinski definition) is 3. The van der Waals surface area contributed by atoms with E-state index in [4.69, 9.17) is 4.74 Å². The van der Waals surface area contributed by atoms with Crippen LogP contribution in [0.5, 0.6) is 5.75 Å². The van der Waals surface area contributed by atoms with Crippen molar-refractivity contribution in [3.8, 4) is 5.75 Å². The van der Waals surface area contributed by atoms with Crippen molar-refractivity contribution < 1.29 is 14.3 Å². The molecule has 0 aliphatic heterocycles. The number of benzene rings is 1. The molecule has 22 heavy (non-hydrogen) atoms. The van der Waals surface area contributed by atoms with E-state index in [1.54, 1.807) is 45.2 Å². The van der Waals surface area contributed by atoms with Gasteiger partial charge in [-0.3, -0.25) is 9.59 Å². The summed E-state index contributed by atoms with van der Waals surface area (Å²) in [4.78, 5) is 24.5. The Balaban J connectivity index is 2.62. The highest BCUT2D eigenvalue weighted by molar-refractivity contribution is 6.09. The first kappa shape index (κ1) is 18.0. The average molecular weight is 306 g/mol. The van der Waals surface area contributed by atoms with E-state index in [-0.39, 0.29) is 11.8 Å². The third kappa shape index (κ3) is 5.06. The normalized spacial score (nSPS) is 10.9. The van der Waals surface area contributed by atoms with Crippen molar-refractivity contribution >= 4 is 17.5 Å². The van der Waals surface area contributed by atoms with E-state index < -0.39 is 5.41 Å². The molecule has 5 heteroatoms. The van der Waals surface area contributed by atoms with Crippen LogP contribution >= 0.6 is 0 Å². The summed E-state index contributed by atoms with van der Waals surface area (Å²) in [6.45, 7) is 5.95. The topological polar surface area (TPSA) is 67.4 Å². The fourth-order valence-electron chi connectivity index (χ4n) is 1.89. The standard InChI is InChI=1S/C17H26N2O3/c1-5-6-7-11-18-15(20)17(2,3)16(21)19-13-9-8-10-14(12-13)22-4/h8-10,12H,5-7,11H2,1-4H3,(H,18,20)(H,19,21). The van der Waals surface area contributed by atoms with Crippen molar-refractivity contribution in [3.63, 3.8) is 0 Å². The molecule has 0 aliphatic carbocycles. The summed E-state index contributed by atoms with van der Waals surface area (Å²) in [5, 5.41) is 5.58. The molecule has 0 radical (unpaired) electrons. The maximum absolute atomic E-state index is 12.4. The van der Waals surface area contributed by atoms with E-state index in [1.165, 1.54) is 0 Å². The summed E-state index contributed by atoms with van der Waals surface area (Å²) in [6.07, 6.45) is 3.09. The lowest BCUT2D eigenvalue weighted by atomic mass is 9.91. The minimum atomic E-state index is -1.13. The molecule has 0 aromatic heterocycles. The second-order valence-corrected chi connectivity index (χ2v) is 5.77. The predicted molar refractivity (Wildman–Crippen MR) is 87.9 cm³/mol. The third-order valence-electron chi connectivity index (χ3n) is 3.53. The Morgan fingerprint density at radius 3 is 2.55 bits per heavy atom. The summed E-state index contributed by atoms with van der Waals surface area (Å²) in [6, 6.07) is 7.05. The minimum Gasteiger partial charge on any atom is -0.497 e. The molecule has 0 atom stereocenters. The number of carbonyl (C=O) groups is 2. The van der Waals surface area contributed by atoms with Crippen molar-refractivity contribution in [3.05, 3.63) is 24.3 Å². The molecule has 1 aromatic carbocycles. The average Bonchev–Trinajstić information content (AvgIpc) is 2.51. The minimum absolute atomic E-state index is 0.260. The lowest BCUT2D eigenvalue weighted by Crippen LogP contribution is -2.45. The van der Waals surface area contributed by atoms with Crippen LogP contribution < -0.4 is 15.4 Å². The predicted octanol–water partition coefficient (Wildman–Crippen LogP) is 2.97. The van der Waals surface area contributed by atoms with Crippen LogP contribution in [0.1, 0.15) is 40.0 Å². The molecule has 0 saturated heterocycles. The van der Waals surface area contributed by atoms with Gasteiger partial charge in [0.15, 0.2) is 0 Å². The molecule has 0 heterocycles. The Morgan fingerprint density at radius 2 is 1.91 bits per heavy atom. The second-order valence-electron chi connectivity index (χ2n) is 5.77. The van der Waals surface area contributed by atoms with Gasteiger partial charge in [-0.1, -0.05) is 25.8 Å². The Kier molecular flexibility index (Phi) is 6.89. The number of unbranched alkanes of at least 4 members (excludes halogenated alkanes) is 2. The van der Waals surface area contributed by atoms with Crippen LogP contribution in [0, 0.1) is 5.41 Å². The fourth-order valence-corrected chi connectivity index (χ4v) is 1.89. The summed E-state index contributed by atoms with van der Waals surface area (Å²) >= 11 is 0. The van der Waals surface area contributed by atoms with E-state index >= 15 is 0 Å². The number of methoxy groups -OCH3 is 1. The zero-order chi connectivity index (χ0) is 16.6. The molecule has 0 fully saturated rings. The first-order chi connectivity index (χ1) is 10.4. The van der Waals surface area contributed by atoms with Crippen molar-refractivity contribution in [1.29, 1.82) is 0 Å². The third-order valence-corrected chi connectivity index (χ3v) is 3.53. The number of hydrogen-bond donors (Lipinski definition) is 2.